The molecule has 1 aliphatic carbocycles. The minimum atomic E-state index is -0.807. The molecule has 2 N–H and O–H groups in total. The summed E-state index contributed by atoms with van der Waals surface area (Å²) in [4.78, 5) is 23.2. The van der Waals surface area contributed by atoms with Gasteiger partial charge in [0.25, 0.3) is 0 Å². The Morgan fingerprint density at radius 2 is 1.75 bits per heavy atom. The molecule has 0 saturated heterocycles. The molecule has 1 aromatic rings. The molecule has 0 unspecified atom stereocenters. The zero-order valence-corrected chi connectivity index (χ0v) is 14.1. The summed E-state index contributed by atoms with van der Waals surface area (Å²) in [5, 5.41) is 11.9. The Balaban J connectivity index is 2.08. The predicted molar refractivity (Wildman–Crippen MR) is 83.7 cm³/mol. The zero-order valence-electron chi connectivity index (χ0n) is 11.0. The van der Waals surface area contributed by atoms with Gasteiger partial charge >= 0.3 is 5.97 Å². The number of carboxylic acid groups (broad SMARTS) is 1. The summed E-state index contributed by atoms with van der Waals surface area (Å²) in [6, 6.07) is 3.85. The van der Waals surface area contributed by atoms with Gasteiger partial charge in [-0.3, -0.25) is 9.59 Å². The van der Waals surface area contributed by atoms with Crippen LogP contribution in [0.25, 0.3) is 0 Å². The SMILES string of the molecule is Cc1cc(Br)c(NC(=O)[C@@H]2CC[C@H](C(=O)O)C2)c(Br)c1. The van der Waals surface area contributed by atoms with Gasteiger partial charge in [-0.1, -0.05) is 0 Å². The molecule has 2 rings (SSSR count). The van der Waals surface area contributed by atoms with Crippen LogP contribution in [0.5, 0.6) is 0 Å². The molecule has 2 atom stereocenters. The highest BCUT2D eigenvalue weighted by Gasteiger charge is 2.34. The largest absolute Gasteiger partial charge is 0.481 e. The number of anilines is 1. The maximum absolute atomic E-state index is 12.2. The van der Waals surface area contributed by atoms with Gasteiger partial charge in [0.1, 0.15) is 0 Å². The van der Waals surface area contributed by atoms with E-state index in [1.807, 2.05) is 19.1 Å². The van der Waals surface area contributed by atoms with E-state index in [9.17, 15) is 9.59 Å². The van der Waals surface area contributed by atoms with Gasteiger partial charge in [-0.2, -0.15) is 0 Å². The molecule has 20 heavy (non-hydrogen) atoms. The standard InChI is InChI=1S/C14H15Br2NO3/c1-7-4-10(15)12(11(16)5-7)17-13(18)8-2-3-9(6-8)14(19)20/h4-5,8-9H,2-3,6H2,1H3,(H,17,18)(H,19,20)/t8-,9+/m1/s1. The van der Waals surface area contributed by atoms with Gasteiger partial charge in [0.15, 0.2) is 0 Å². The molecule has 108 valence electrons. The molecule has 1 amide bonds. The predicted octanol–water partition coefficient (Wildman–Crippen LogP) is 3.96. The van der Waals surface area contributed by atoms with Gasteiger partial charge in [0.2, 0.25) is 5.91 Å². The number of amides is 1. The summed E-state index contributed by atoms with van der Waals surface area (Å²) in [5.74, 6) is -1.54. The second-order valence-corrected chi connectivity index (χ2v) is 6.85. The molecule has 6 heteroatoms. The second-order valence-electron chi connectivity index (χ2n) is 5.14. The Morgan fingerprint density at radius 3 is 2.25 bits per heavy atom. The molecule has 0 aliphatic heterocycles. The molecule has 0 aromatic heterocycles. The first-order valence-electron chi connectivity index (χ1n) is 6.37. The van der Waals surface area contributed by atoms with Gasteiger partial charge in [0, 0.05) is 14.9 Å². The number of hydrogen-bond donors (Lipinski definition) is 2. The van der Waals surface area contributed by atoms with Gasteiger partial charge in [-0.25, -0.2) is 0 Å². The first-order valence-corrected chi connectivity index (χ1v) is 7.96. The third-order valence-corrected chi connectivity index (χ3v) is 4.84. The molecule has 1 aliphatic rings. The molecular formula is C14H15Br2NO3. The van der Waals surface area contributed by atoms with E-state index in [0.717, 1.165) is 14.5 Å². The molecule has 1 aromatic carbocycles. The number of benzene rings is 1. The van der Waals surface area contributed by atoms with E-state index in [2.05, 4.69) is 37.2 Å². The van der Waals surface area contributed by atoms with Crippen LogP contribution in [0.4, 0.5) is 5.69 Å². The minimum absolute atomic E-state index is 0.112. The van der Waals surface area contributed by atoms with Crippen LogP contribution in [-0.2, 0) is 9.59 Å². The van der Waals surface area contributed by atoms with Gasteiger partial charge in [-0.05, 0) is 75.7 Å². The summed E-state index contributed by atoms with van der Waals surface area (Å²) >= 11 is 6.86. The first kappa shape index (κ1) is 15.5. The Morgan fingerprint density at radius 1 is 1.20 bits per heavy atom. The van der Waals surface area contributed by atoms with Crippen molar-refractivity contribution in [2.24, 2.45) is 11.8 Å². The van der Waals surface area contributed by atoms with Crippen LogP contribution in [-0.4, -0.2) is 17.0 Å². The number of carboxylic acids is 1. The minimum Gasteiger partial charge on any atom is -0.481 e. The molecular weight excluding hydrogens is 390 g/mol. The van der Waals surface area contributed by atoms with Crippen molar-refractivity contribution >= 4 is 49.4 Å². The molecule has 0 radical (unpaired) electrons. The van der Waals surface area contributed by atoms with E-state index in [-0.39, 0.29) is 11.8 Å². The number of aryl methyl sites for hydroxylation is 1. The van der Waals surface area contributed by atoms with Crippen LogP contribution in [0.15, 0.2) is 21.1 Å². The Labute approximate surface area is 134 Å². The Hall–Kier alpha value is -0.880. The van der Waals surface area contributed by atoms with Crippen molar-refractivity contribution < 1.29 is 14.7 Å². The lowest BCUT2D eigenvalue weighted by atomic mass is 10.0. The van der Waals surface area contributed by atoms with Crippen molar-refractivity contribution in [1.29, 1.82) is 0 Å². The van der Waals surface area contributed by atoms with Crippen molar-refractivity contribution in [3.05, 3.63) is 26.6 Å². The van der Waals surface area contributed by atoms with E-state index >= 15 is 0 Å². The number of rotatable bonds is 3. The maximum atomic E-state index is 12.2. The Kier molecular flexibility index (Phi) is 4.86. The average Bonchev–Trinajstić information content (AvgIpc) is 2.83. The lowest BCUT2D eigenvalue weighted by Gasteiger charge is -2.14. The van der Waals surface area contributed by atoms with Gasteiger partial charge in [-0.15, -0.1) is 0 Å². The van der Waals surface area contributed by atoms with E-state index in [1.165, 1.54) is 0 Å². The van der Waals surface area contributed by atoms with Gasteiger partial charge in [0.05, 0.1) is 11.6 Å². The summed E-state index contributed by atoms with van der Waals surface area (Å²) < 4.78 is 1.62. The highest BCUT2D eigenvalue weighted by molar-refractivity contribution is 9.11. The van der Waals surface area contributed by atoms with Crippen LogP contribution in [0.1, 0.15) is 24.8 Å². The zero-order chi connectivity index (χ0) is 14.9. The third-order valence-electron chi connectivity index (χ3n) is 3.59. The van der Waals surface area contributed by atoms with Crippen LogP contribution in [0, 0.1) is 18.8 Å². The molecule has 1 saturated carbocycles. The molecule has 0 bridgehead atoms. The fourth-order valence-corrected chi connectivity index (χ4v) is 4.10. The highest BCUT2D eigenvalue weighted by Crippen LogP contribution is 2.35. The first-order chi connectivity index (χ1) is 9.38. The van der Waals surface area contributed by atoms with Crippen LogP contribution >= 0.6 is 31.9 Å². The van der Waals surface area contributed by atoms with E-state index in [1.54, 1.807) is 0 Å². The lowest BCUT2D eigenvalue weighted by Crippen LogP contribution is -2.22. The lowest BCUT2D eigenvalue weighted by molar-refractivity contribution is -0.141. The number of hydrogen-bond acceptors (Lipinski definition) is 2. The summed E-state index contributed by atoms with van der Waals surface area (Å²) in [6.45, 7) is 1.97. The number of halogens is 2. The van der Waals surface area contributed by atoms with Crippen molar-refractivity contribution in [3.63, 3.8) is 0 Å². The van der Waals surface area contributed by atoms with E-state index in [4.69, 9.17) is 5.11 Å². The van der Waals surface area contributed by atoms with Crippen LogP contribution in [0.2, 0.25) is 0 Å². The second kappa shape index (κ2) is 6.26. The van der Waals surface area contributed by atoms with Crippen LogP contribution in [0.3, 0.4) is 0 Å². The number of aliphatic carboxylic acids is 1. The third kappa shape index (κ3) is 3.41. The monoisotopic (exact) mass is 403 g/mol. The quantitative estimate of drug-likeness (QED) is 0.801. The highest BCUT2D eigenvalue weighted by atomic mass is 79.9. The van der Waals surface area contributed by atoms with Crippen LogP contribution < -0.4 is 5.32 Å². The number of nitrogens with one attached hydrogen (secondary N) is 1. The number of carbonyl (C=O) groups excluding carboxylic acids is 1. The van der Waals surface area contributed by atoms with Crippen molar-refractivity contribution in [1.82, 2.24) is 0 Å². The molecule has 4 nitrogen and oxygen atoms in total. The van der Waals surface area contributed by atoms with Crippen molar-refractivity contribution in [2.45, 2.75) is 26.2 Å². The number of carbonyl (C=O) groups is 2. The summed E-state index contributed by atoms with van der Waals surface area (Å²) in [6.07, 6.45) is 1.62. The molecule has 0 spiro atoms. The smallest absolute Gasteiger partial charge is 0.306 e. The Bertz CT molecular complexity index is 536. The summed E-state index contributed by atoms with van der Waals surface area (Å²) in [7, 11) is 0. The van der Waals surface area contributed by atoms with E-state index in [0.29, 0.717) is 24.9 Å². The van der Waals surface area contributed by atoms with Crippen molar-refractivity contribution in [3.8, 4) is 0 Å². The average molecular weight is 405 g/mol. The van der Waals surface area contributed by atoms with Gasteiger partial charge < -0.3 is 10.4 Å². The molecule has 1 fully saturated rings. The normalized spacial score (nSPS) is 21.8. The topological polar surface area (TPSA) is 66.4 Å². The fourth-order valence-electron chi connectivity index (χ4n) is 2.49. The maximum Gasteiger partial charge on any atom is 0.306 e. The summed E-state index contributed by atoms with van der Waals surface area (Å²) in [5.41, 5.74) is 1.77. The van der Waals surface area contributed by atoms with E-state index < -0.39 is 11.9 Å². The van der Waals surface area contributed by atoms with Crippen molar-refractivity contribution in [2.75, 3.05) is 5.32 Å². The molecule has 0 heterocycles. The fraction of sp³-hybridized carbons (Fsp3) is 0.429.